The summed E-state index contributed by atoms with van der Waals surface area (Å²) in [4.78, 5) is 1.96. The summed E-state index contributed by atoms with van der Waals surface area (Å²) >= 11 is 0. The van der Waals surface area contributed by atoms with Gasteiger partial charge in [-0.15, -0.1) is 24.8 Å². The van der Waals surface area contributed by atoms with Gasteiger partial charge in [0.15, 0.2) is 0 Å². The molecule has 1 aromatic rings. The number of benzene rings is 1. The maximum Gasteiger partial charge on any atom is 0.416 e. The summed E-state index contributed by atoms with van der Waals surface area (Å²) in [5.41, 5.74) is -0.105. The first-order valence-corrected chi connectivity index (χ1v) is 6.20. The number of halogens is 6. The van der Waals surface area contributed by atoms with Crippen LogP contribution in [-0.4, -0.2) is 37.8 Å². The first-order valence-electron chi connectivity index (χ1n) is 6.20. The largest absolute Gasteiger partial charge is 0.416 e. The van der Waals surface area contributed by atoms with Crippen molar-refractivity contribution in [3.05, 3.63) is 35.4 Å². The molecule has 1 aliphatic rings. The molecule has 0 bridgehead atoms. The lowest BCUT2D eigenvalue weighted by molar-refractivity contribution is -0.137. The van der Waals surface area contributed by atoms with E-state index in [9.17, 15) is 17.6 Å². The number of hydrogen-bond acceptors (Lipinski definition) is 2. The van der Waals surface area contributed by atoms with Gasteiger partial charge in [0.1, 0.15) is 6.67 Å². The van der Waals surface area contributed by atoms with E-state index >= 15 is 0 Å². The molecule has 2 nitrogen and oxygen atoms in total. The Morgan fingerprint density at radius 3 is 2.00 bits per heavy atom. The van der Waals surface area contributed by atoms with Gasteiger partial charge >= 0.3 is 6.18 Å². The number of alkyl halides is 4. The van der Waals surface area contributed by atoms with Crippen LogP contribution in [0.4, 0.5) is 17.6 Å². The van der Waals surface area contributed by atoms with E-state index in [4.69, 9.17) is 0 Å². The van der Waals surface area contributed by atoms with Gasteiger partial charge in [-0.1, -0.05) is 12.1 Å². The van der Waals surface area contributed by atoms with Crippen molar-refractivity contribution in [2.75, 3.05) is 32.9 Å². The Hall–Kier alpha value is -0.560. The molecule has 1 N–H and O–H groups in total. The lowest BCUT2D eigenvalue weighted by Gasteiger charge is -2.33. The molecule has 8 heteroatoms. The van der Waals surface area contributed by atoms with Crippen molar-refractivity contribution in [3.8, 4) is 0 Å². The highest BCUT2D eigenvalue weighted by atomic mass is 35.5. The predicted molar refractivity (Wildman–Crippen MR) is 79.1 cm³/mol. The third-order valence-electron chi connectivity index (χ3n) is 3.36. The average molecular weight is 349 g/mol. The Bertz CT molecular complexity index is 406. The molecule has 0 aromatic heterocycles. The van der Waals surface area contributed by atoms with Crippen LogP contribution >= 0.6 is 24.8 Å². The first-order chi connectivity index (χ1) is 9.02. The molecule has 1 saturated heterocycles. The average Bonchev–Trinajstić information content (AvgIpc) is 2.40. The van der Waals surface area contributed by atoms with Crippen molar-refractivity contribution < 1.29 is 17.6 Å². The SMILES string of the molecule is Cl.Cl.FC[C@@H](c1ccc(C(F)(F)F)cc1)N1CCNCC1. The molecule has 1 fully saturated rings. The van der Waals surface area contributed by atoms with Gasteiger partial charge in [0.2, 0.25) is 0 Å². The zero-order chi connectivity index (χ0) is 13.9. The minimum Gasteiger partial charge on any atom is -0.314 e. The van der Waals surface area contributed by atoms with E-state index in [1.807, 2.05) is 4.90 Å². The van der Waals surface area contributed by atoms with E-state index < -0.39 is 24.5 Å². The lowest BCUT2D eigenvalue weighted by atomic mass is 10.0. The fourth-order valence-electron chi connectivity index (χ4n) is 2.29. The quantitative estimate of drug-likeness (QED) is 0.841. The molecule has 0 amide bonds. The molecule has 1 atom stereocenters. The lowest BCUT2D eigenvalue weighted by Crippen LogP contribution is -2.45. The second kappa shape index (κ2) is 8.78. The molecule has 0 saturated carbocycles. The summed E-state index contributed by atoms with van der Waals surface area (Å²) in [6.45, 7) is 2.37. The minimum absolute atomic E-state index is 0. The molecule has 2 rings (SSSR count). The molecule has 0 unspecified atom stereocenters. The molecule has 1 aliphatic heterocycles. The summed E-state index contributed by atoms with van der Waals surface area (Å²) in [6, 6.07) is 4.31. The highest BCUT2D eigenvalue weighted by molar-refractivity contribution is 5.85. The fourth-order valence-corrected chi connectivity index (χ4v) is 2.29. The number of hydrogen-bond donors (Lipinski definition) is 1. The zero-order valence-electron chi connectivity index (χ0n) is 11.2. The van der Waals surface area contributed by atoms with Gasteiger partial charge in [-0.05, 0) is 17.7 Å². The molecular weight excluding hydrogens is 331 g/mol. The smallest absolute Gasteiger partial charge is 0.314 e. The van der Waals surface area contributed by atoms with E-state index in [-0.39, 0.29) is 24.8 Å². The van der Waals surface area contributed by atoms with Gasteiger partial charge in [0, 0.05) is 26.2 Å². The topological polar surface area (TPSA) is 15.3 Å². The summed E-state index contributed by atoms with van der Waals surface area (Å²) in [5.74, 6) is 0. The van der Waals surface area contributed by atoms with E-state index in [0.29, 0.717) is 18.7 Å². The van der Waals surface area contributed by atoms with Crippen LogP contribution < -0.4 is 5.32 Å². The molecule has 1 heterocycles. The Morgan fingerprint density at radius 2 is 1.57 bits per heavy atom. The van der Waals surface area contributed by atoms with Crippen molar-refractivity contribution in [1.29, 1.82) is 0 Å². The van der Waals surface area contributed by atoms with E-state index in [0.717, 1.165) is 25.2 Å². The maximum absolute atomic E-state index is 13.2. The normalized spacial score (nSPS) is 17.5. The van der Waals surface area contributed by atoms with Crippen LogP contribution in [0.15, 0.2) is 24.3 Å². The second-order valence-corrected chi connectivity index (χ2v) is 4.58. The number of piperazine rings is 1. The van der Waals surface area contributed by atoms with Crippen molar-refractivity contribution in [1.82, 2.24) is 10.2 Å². The number of nitrogens with zero attached hydrogens (tertiary/aromatic N) is 1. The summed E-state index contributed by atoms with van der Waals surface area (Å²) in [6.07, 6.45) is -4.35. The van der Waals surface area contributed by atoms with Gasteiger partial charge in [-0.3, -0.25) is 4.90 Å². The van der Waals surface area contributed by atoms with Crippen molar-refractivity contribution in [2.24, 2.45) is 0 Å². The molecule has 122 valence electrons. The number of rotatable bonds is 3. The molecular formula is C13H18Cl2F4N2. The van der Waals surface area contributed by atoms with Gasteiger partial charge in [0.25, 0.3) is 0 Å². The third-order valence-corrected chi connectivity index (χ3v) is 3.36. The Kier molecular flexibility index (Phi) is 8.54. The van der Waals surface area contributed by atoms with Crippen LogP contribution in [0.25, 0.3) is 0 Å². The van der Waals surface area contributed by atoms with Crippen LogP contribution in [0.1, 0.15) is 17.2 Å². The Morgan fingerprint density at radius 1 is 1.05 bits per heavy atom. The van der Waals surface area contributed by atoms with Crippen LogP contribution in [0.3, 0.4) is 0 Å². The van der Waals surface area contributed by atoms with Gasteiger partial charge < -0.3 is 5.32 Å². The van der Waals surface area contributed by atoms with Crippen LogP contribution in [0.5, 0.6) is 0 Å². The Labute approximate surface area is 133 Å². The van der Waals surface area contributed by atoms with Crippen LogP contribution in [0, 0.1) is 0 Å². The third kappa shape index (κ3) is 5.29. The van der Waals surface area contributed by atoms with Gasteiger partial charge in [-0.2, -0.15) is 13.2 Å². The molecule has 0 aliphatic carbocycles. The highest BCUT2D eigenvalue weighted by Gasteiger charge is 2.30. The van der Waals surface area contributed by atoms with Crippen molar-refractivity contribution in [3.63, 3.8) is 0 Å². The van der Waals surface area contributed by atoms with Crippen LogP contribution in [-0.2, 0) is 6.18 Å². The standard InChI is InChI=1S/C13H16F4N2.2ClH/c14-9-12(19-7-5-18-6-8-19)10-1-3-11(4-2-10)13(15,16)17;;/h1-4,12,18H,5-9H2;2*1H/t12-;;/m0../s1. The van der Waals surface area contributed by atoms with Gasteiger partial charge in [0.05, 0.1) is 11.6 Å². The van der Waals surface area contributed by atoms with Gasteiger partial charge in [-0.25, -0.2) is 4.39 Å². The molecule has 0 spiro atoms. The highest BCUT2D eigenvalue weighted by Crippen LogP contribution is 2.31. The first kappa shape index (κ1) is 20.4. The Balaban J connectivity index is 0.00000200. The van der Waals surface area contributed by atoms with Crippen molar-refractivity contribution >= 4 is 24.8 Å². The van der Waals surface area contributed by atoms with E-state index in [2.05, 4.69) is 5.32 Å². The predicted octanol–water partition coefficient (Wildman–Crippen LogP) is 3.46. The number of nitrogens with one attached hydrogen (secondary N) is 1. The summed E-state index contributed by atoms with van der Waals surface area (Å²) in [5, 5.41) is 3.16. The van der Waals surface area contributed by atoms with Crippen molar-refractivity contribution in [2.45, 2.75) is 12.2 Å². The van der Waals surface area contributed by atoms with E-state index in [1.54, 1.807) is 0 Å². The summed E-state index contributed by atoms with van der Waals surface area (Å²) in [7, 11) is 0. The molecule has 1 aromatic carbocycles. The zero-order valence-corrected chi connectivity index (χ0v) is 12.8. The maximum atomic E-state index is 13.2. The van der Waals surface area contributed by atoms with Crippen LogP contribution in [0.2, 0.25) is 0 Å². The minimum atomic E-state index is -4.35. The summed E-state index contributed by atoms with van der Waals surface area (Å²) < 4.78 is 50.6. The van der Waals surface area contributed by atoms with E-state index in [1.165, 1.54) is 12.1 Å². The molecule has 21 heavy (non-hydrogen) atoms. The second-order valence-electron chi connectivity index (χ2n) is 4.58. The molecule has 0 radical (unpaired) electrons. The monoisotopic (exact) mass is 348 g/mol. The fraction of sp³-hybridized carbons (Fsp3) is 0.538.